The minimum atomic E-state index is -0.704. The molecule has 0 aromatic heterocycles. The zero-order valence-corrected chi connectivity index (χ0v) is 8.39. The van der Waals surface area contributed by atoms with E-state index in [0.717, 1.165) is 31.7 Å². The third-order valence-electron chi connectivity index (χ3n) is 2.80. The van der Waals surface area contributed by atoms with Gasteiger partial charge < -0.3 is 11.1 Å². The largest absolute Gasteiger partial charge is 0.396 e. The molecule has 1 fully saturated rings. The number of nitrogens with two attached hydrogens (primary N) is 1. The fraction of sp³-hybridized carbons (Fsp3) is 0.455. The Morgan fingerprint density at radius 2 is 1.80 bits per heavy atom. The summed E-state index contributed by atoms with van der Waals surface area (Å²) >= 11 is 0. The molecule has 0 radical (unpaired) electrons. The zero-order valence-electron chi connectivity index (χ0n) is 8.39. The molecule has 0 bridgehead atoms. The fourth-order valence-corrected chi connectivity index (χ4v) is 1.97. The second kappa shape index (κ2) is 4.04. The van der Waals surface area contributed by atoms with Crippen molar-refractivity contribution in [3.05, 3.63) is 23.8 Å². The minimum absolute atomic E-state index is 0.0168. The van der Waals surface area contributed by atoms with Crippen molar-refractivity contribution in [2.45, 2.75) is 31.7 Å². The van der Waals surface area contributed by atoms with Gasteiger partial charge in [-0.2, -0.15) is 0 Å². The Labute approximate surface area is 87.5 Å². The number of halogens is 2. The molecule has 82 valence electrons. The van der Waals surface area contributed by atoms with Crippen LogP contribution in [0.25, 0.3) is 0 Å². The molecule has 0 aliphatic heterocycles. The second-order valence-corrected chi connectivity index (χ2v) is 3.98. The summed E-state index contributed by atoms with van der Waals surface area (Å²) < 4.78 is 26.2. The predicted molar refractivity (Wildman–Crippen MR) is 56.6 cm³/mol. The average molecular weight is 212 g/mol. The first kappa shape index (κ1) is 10.2. The van der Waals surface area contributed by atoms with Crippen molar-refractivity contribution in [3.8, 4) is 0 Å². The van der Waals surface area contributed by atoms with Crippen molar-refractivity contribution in [2.24, 2.45) is 0 Å². The molecular formula is C11H14F2N2. The maximum atomic E-state index is 13.3. The van der Waals surface area contributed by atoms with Gasteiger partial charge in [-0.3, -0.25) is 0 Å². The van der Waals surface area contributed by atoms with E-state index in [2.05, 4.69) is 5.32 Å². The maximum absolute atomic E-state index is 13.3. The van der Waals surface area contributed by atoms with Crippen LogP contribution < -0.4 is 11.1 Å². The van der Waals surface area contributed by atoms with Crippen molar-refractivity contribution in [2.75, 3.05) is 11.1 Å². The van der Waals surface area contributed by atoms with Crippen molar-refractivity contribution in [1.82, 2.24) is 0 Å². The Hall–Kier alpha value is -1.32. The molecule has 0 spiro atoms. The molecule has 0 atom stereocenters. The standard InChI is InChI=1S/C11H14F2N2/c12-8-5-9(13)11(6-10(8)14)15-7-3-1-2-4-7/h5-7,15H,1-4,14H2. The van der Waals surface area contributed by atoms with Crippen molar-refractivity contribution < 1.29 is 8.78 Å². The summed E-state index contributed by atoms with van der Waals surface area (Å²) in [5, 5.41) is 3.06. The SMILES string of the molecule is Nc1cc(NC2CCCC2)c(F)cc1F. The van der Waals surface area contributed by atoms with E-state index in [9.17, 15) is 8.78 Å². The fourth-order valence-electron chi connectivity index (χ4n) is 1.97. The van der Waals surface area contributed by atoms with Gasteiger partial charge in [-0.15, -0.1) is 0 Å². The maximum Gasteiger partial charge on any atom is 0.149 e. The monoisotopic (exact) mass is 212 g/mol. The highest BCUT2D eigenvalue weighted by Crippen LogP contribution is 2.26. The third-order valence-corrected chi connectivity index (χ3v) is 2.80. The van der Waals surface area contributed by atoms with E-state index < -0.39 is 11.6 Å². The molecule has 1 aliphatic carbocycles. The molecule has 0 heterocycles. The number of hydrogen-bond acceptors (Lipinski definition) is 2. The first-order valence-electron chi connectivity index (χ1n) is 5.18. The van der Waals surface area contributed by atoms with Gasteiger partial charge in [-0.05, 0) is 18.9 Å². The van der Waals surface area contributed by atoms with E-state index in [0.29, 0.717) is 11.7 Å². The molecule has 4 heteroatoms. The van der Waals surface area contributed by atoms with Crippen LogP contribution in [0.5, 0.6) is 0 Å². The summed E-state index contributed by atoms with van der Waals surface area (Å²) in [7, 11) is 0. The lowest BCUT2D eigenvalue weighted by molar-refractivity contribution is 0.585. The van der Waals surface area contributed by atoms with E-state index in [1.807, 2.05) is 0 Å². The predicted octanol–water partition coefficient (Wildman–Crippen LogP) is 2.90. The van der Waals surface area contributed by atoms with Crippen molar-refractivity contribution >= 4 is 11.4 Å². The second-order valence-electron chi connectivity index (χ2n) is 3.98. The van der Waals surface area contributed by atoms with E-state index in [1.54, 1.807) is 0 Å². The Morgan fingerprint density at radius 3 is 2.47 bits per heavy atom. The van der Waals surface area contributed by atoms with Crippen LogP contribution in [0.1, 0.15) is 25.7 Å². The molecule has 1 saturated carbocycles. The zero-order chi connectivity index (χ0) is 10.8. The van der Waals surface area contributed by atoms with Crippen LogP contribution in [0.4, 0.5) is 20.2 Å². The molecule has 0 unspecified atom stereocenters. The Kier molecular flexibility index (Phi) is 2.75. The summed E-state index contributed by atoms with van der Waals surface area (Å²) in [5.41, 5.74) is 5.67. The van der Waals surface area contributed by atoms with Gasteiger partial charge >= 0.3 is 0 Å². The van der Waals surface area contributed by atoms with Crippen LogP contribution in [0, 0.1) is 11.6 Å². The Bertz CT molecular complexity index is 360. The number of nitrogens with one attached hydrogen (secondary N) is 1. The van der Waals surface area contributed by atoms with Gasteiger partial charge in [-0.1, -0.05) is 12.8 Å². The van der Waals surface area contributed by atoms with Crippen LogP contribution in [0.2, 0.25) is 0 Å². The molecule has 0 amide bonds. The molecule has 1 aromatic carbocycles. The lowest BCUT2D eigenvalue weighted by Gasteiger charge is -2.14. The van der Waals surface area contributed by atoms with E-state index in [1.165, 1.54) is 6.07 Å². The quantitative estimate of drug-likeness (QED) is 0.740. The molecule has 15 heavy (non-hydrogen) atoms. The summed E-state index contributed by atoms with van der Waals surface area (Å²) in [4.78, 5) is 0. The van der Waals surface area contributed by atoms with E-state index in [-0.39, 0.29) is 5.69 Å². The van der Waals surface area contributed by atoms with Gasteiger partial charge in [0.2, 0.25) is 0 Å². The van der Waals surface area contributed by atoms with Gasteiger partial charge in [0.05, 0.1) is 11.4 Å². The minimum Gasteiger partial charge on any atom is -0.396 e. The number of rotatable bonds is 2. The lowest BCUT2D eigenvalue weighted by atomic mass is 10.2. The number of benzene rings is 1. The van der Waals surface area contributed by atoms with Crippen molar-refractivity contribution in [1.29, 1.82) is 0 Å². The van der Waals surface area contributed by atoms with Gasteiger partial charge in [0, 0.05) is 12.1 Å². The van der Waals surface area contributed by atoms with Crippen LogP contribution >= 0.6 is 0 Å². The first-order chi connectivity index (χ1) is 7.16. The topological polar surface area (TPSA) is 38.0 Å². The third kappa shape index (κ3) is 2.19. The Morgan fingerprint density at radius 1 is 1.13 bits per heavy atom. The highest BCUT2D eigenvalue weighted by atomic mass is 19.1. The summed E-state index contributed by atoms with van der Waals surface area (Å²) in [6, 6.07) is 2.44. The molecule has 2 rings (SSSR count). The molecule has 2 nitrogen and oxygen atoms in total. The van der Waals surface area contributed by atoms with Gasteiger partial charge in [0.15, 0.2) is 0 Å². The molecular weight excluding hydrogens is 198 g/mol. The highest BCUT2D eigenvalue weighted by molar-refractivity contribution is 5.56. The van der Waals surface area contributed by atoms with Crippen LogP contribution in [0.15, 0.2) is 12.1 Å². The smallest absolute Gasteiger partial charge is 0.149 e. The highest BCUT2D eigenvalue weighted by Gasteiger charge is 2.17. The first-order valence-corrected chi connectivity index (χ1v) is 5.18. The molecule has 0 saturated heterocycles. The summed E-state index contributed by atoms with van der Waals surface area (Å²) in [5.74, 6) is -1.28. The average Bonchev–Trinajstić information content (AvgIpc) is 2.67. The van der Waals surface area contributed by atoms with E-state index in [4.69, 9.17) is 5.73 Å². The summed E-state index contributed by atoms with van der Waals surface area (Å²) in [6.45, 7) is 0. The molecule has 1 aromatic rings. The number of nitrogen functional groups attached to an aromatic ring is 1. The Balaban J connectivity index is 2.16. The number of hydrogen-bond donors (Lipinski definition) is 2. The van der Waals surface area contributed by atoms with Gasteiger partial charge in [0.25, 0.3) is 0 Å². The lowest BCUT2D eigenvalue weighted by Crippen LogP contribution is -2.15. The van der Waals surface area contributed by atoms with Crippen molar-refractivity contribution in [3.63, 3.8) is 0 Å². The van der Waals surface area contributed by atoms with Gasteiger partial charge in [-0.25, -0.2) is 8.78 Å². The van der Waals surface area contributed by atoms with Crippen LogP contribution in [-0.2, 0) is 0 Å². The number of anilines is 2. The molecule has 1 aliphatic rings. The van der Waals surface area contributed by atoms with E-state index >= 15 is 0 Å². The van der Waals surface area contributed by atoms with Crippen LogP contribution in [0.3, 0.4) is 0 Å². The molecule has 3 N–H and O–H groups in total. The van der Waals surface area contributed by atoms with Gasteiger partial charge in [0.1, 0.15) is 11.6 Å². The summed E-state index contributed by atoms with van der Waals surface area (Å²) in [6.07, 6.45) is 4.40. The van der Waals surface area contributed by atoms with Crippen LogP contribution in [-0.4, -0.2) is 6.04 Å². The normalized spacial score (nSPS) is 16.9.